The number of hydrogen-bond donors (Lipinski definition) is 1. The van der Waals surface area contributed by atoms with E-state index >= 15 is 0 Å². The van der Waals surface area contributed by atoms with Crippen molar-refractivity contribution in [2.75, 3.05) is 26.4 Å². The molecule has 0 saturated carbocycles. The molecule has 114 valence electrons. The summed E-state index contributed by atoms with van der Waals surface area (Å²) in [7, 11) is -3.84. The van der Waals surface area contributed by atoms with Crippen LogP contribution >= 0.6 is 0 Å². The van der Waals surface area contributed by atoms with E-state index in [9.17, 15) is 8.42 Å². The molecule has 20 heavy (non-hydrogen) atoms. The third-order valence-electron chi connectivity index (χ3n) is 2.42. The normalized spacial score (nSPS) is 13.3. The fourth-order valence-corrected chi connectivity index (χ4v) is 2.33. The Kier molecular flexibility index (Phi) is 7.11. The average molecular weight is 304 g/mol. The topological polar surface area (TPSA) is 82.1 Å². The molecule has 0 bridgehead atoms. The third-order valence-corrected chi connectivity index (χ3v) is 3.71. The molecule has 0 fully saturated rings. The zero-order valence-electron chi connectivity index (χ0n) is 11.6. The maximum absolute atomic E-state index is 11.9. The monoisotopic (exact) mass is 304 g/mol. The summed E-state index contributed by atoms with van der Waals surface area (Å²) < 4.78 is 39.1. The highest BCUT2D eigenvalue weighted by Gasteiger charge is 2.18. The van der Waals surface area contributed by atoms with Crippen molar-refractivity contribution in [1.82, 2.24) is 0 Å². The minimum absolute atomic E-state index is 0.0542. The van der Waals surface area contributed by atoms with Gasteiger partial charge in [-0.05, 0) is 26.0 Å². The minimum atomic E-state index is -3.84. The second kappa shape index (κ2) is 8.33. The van der Waals surface area contributed by atoms with Gasteiger partial charge >= 0.3 is 0 Å². The van der Waals surface area contributed by atoms with Crippen molar-refractivity contribution in [2.45, 2.75) is 25.0 Å². The third kappa shape index (κ3) is 5.56. The lowest BCUT2D eigenvalue weighted by Gasteiger charge is -2.17. The van der Waals surface area contributed by atoms with Crippen LogP contribution in [-0.4, -0.2) is 46.2 Å². The molecule has 0 aliphatic heterocycles. The maximum atomic E-state index is 11.9. The molecule has 1 aromatic rings. The van der Waals surface area contributed by atoms with E-state index in [-0.39, 0.29) is 24.7 Å². The first-order valence-corrected chi connectivity index (χ1v) is 7.70. The van der Waals surface area contributed by atoms with Crippen molar-refractivity contribution in [1.29, 1.82) is 0 Å². The van der Waals surface area contributed by atoms with Crippen molar-refractivity contribution < 1.29 is 27.2 Å². The van der Waals surface area contributed by atoms with Crippen LogP contribution in [0.2, 0.25) is 0 Å². The van der Waals surface area contributed by atoms with Crippen LogP contribution in [0.25, 0.3) is 0 Å². The van der Waals surface area contributed by atoms with E-state index in [0.717, 1.165) is 5.56 Å². The lowest BCUT2D eigenvalue weighted by molar-refractivity contribution is -0.159. The molecule has 6 nitrogen and oxygen atoms in total. The van der Waals surface area contributed by atoms with Gasteiger partial charge in [0.2, 0.25) is 0 Å². The van der Waals surface area contributed by atoms with E-state index < -0.39 is 16.4 Å². The Bertz CT molecular complexity index is 482. The van der Waals surface area contributed by atoms with Gasteiger partial charge in [0, 0.05) is 6.61 Å². The van der Waals surface area contributed by atoms with Gasteiger partial charge in [0.1, 0.15) is 6.61 Å². The Labute approximate surface area is 119 Å². The number of aryl methyl sites for hydroxylation is 1. The highest BCUT2D eigenvalue weighted by molar-refractivity contribution is 7.86. The standard InChI is InChI=1S/C13H20O6S/c1-3-17-13(18-9-8-14)10-19-20(15,16)12-6-4-11(2)5-7-12/h4-7,13-14H,3,8-10H2,1-2H3. The molecule has 1 aromatic carbocycles. The van der Waals surface area contributed by atoms with Crippen LogP contribution in [0.4, 0.5) is 0 Å². The number of aliphatic hydroxyl groups is 1. The Morgan fingerprint density at radius 1 is 1.20 bits per heavy atom. The average Bonchev–Trinajstić information content (AvgIpc) is 2.42. The SMILES string of the molecule is CCOC(COS(=O)(=O)c1ccc(C)cc1)OCCO. The van der Waals surface area contributed by atoms with Crippen LogP contribution in [0.3, 0.4) is 0 Å². The smallest absolute Gasteiger partial charge is 0.297 e. The number of aliphatic hydroxyl groups excluding tert-OH is 1. The Morgan fingerprint density at radius 3 is 2.40 bits per heavy atom. The van der Waals surface area contributed by atoms with Crippen molar-refractivity contribution in [3.05, 3.63) is 29.8 Å². The fraction of sp³-hybridized carbons (Fsp3) is 0.538. The number of rotatable bonds is 9. The van der Waals surface area contributed by atoms with Gasteiger partial charge < -0.3 is 14.6 Å². The molecule has 0 amide bonds. The summed E-state index contributed by atoms with van der Waals surface area (Å²) in [5, 5.41) is 8.68. The molecule has 0 aliphatic carbocycles. The van der Waals surface area contributed by atoms with Crippen LogP contribution < -0.4 is 0 Å². The summed E-state index contributed by atoms with van der Waals surface area (Å²) >= 11 is 0. The van der Waals surface area contributed by atoms with Gasteiger partial charge in [0.15, 0.2) is 6.29 Å². The summed E-state index contributed by atoms with van der Waals surface area (Å²) in [5.74, 6) is 0. The van der Waals surface area contributed by atoms with Crippen molar-refractivity contribution >= 4 is 10.1 Å². The van der Waals surface area contributed by atoms with Crippen molar-refractivity contribution in [3.8, 4) is 0 Å². The maximum Gasteiger partial charge on any atom is 0.297 e. The van der Waals surface area contributed by atoms with E-state index in [1.54, 1.807) is 19.1 Å². The van der Waals surface area contributed by atoms with Gasteiger partial charge in [-0.25, -0.2) is 0 Å². The summed E-state index contributed by atoms with van der Waals surface area (Å²) in [6.45, 7) is 3.59. The zero-order chi connectivity index (χ0) is 15.0. The quantitative estimate of drug-likeness (QED) is 0.543. The first-order valence-electron chi connectivity index (χ1n) is 6.29. The predicted molar refractivity (Wildman–Crippen MR) is 72.8 cm³/mol. The summed E-state index contributed by atoms with van der Waals surface area (Å²) in [6, 6.07) is 6.35. The zero-order valence-corrected chi connectivity index (χ0v) is 12.4. The molecule has 0 heterocycles. The molecule has 1 atom stereocenters. The predicted octanol–water partition coefficient (Wildman–Crippen LogP) is 1.07. The first-order chi connectivity index (χ1) is 9.49. The van der Waals surface area contributed by atoms with Gasteiger partial charge in [-0.1, -0.05) is 17.7 Å². The van der Waals surface area contributed by atoms with E-state index in [1.807, 2.05) is 6.92 Å². The Morgan fingerprint density at radius 2 is 1.85 bits per heavy atom. The number of ether oxygens (including phenoxy) is 2. The second-order valence-electron chi connectivity index (χ2n) is 4.03. The molecule has 1 rings (SSSR count). The number of hydrogen-bond acceptors (Lipinski definition) is 6. The minimum Gasteiger partial charge on any atom is -0.394 e. The summed E-state index contributed by atoms with van der Waals surface area (Å²) in [5.41, 5.74) is 0.961. The van der Waals surface area contributed by atoms with Gasteiger partial charge in [0.05, 0.1) is 18.1 Å². The van der Waals surface area contributed by atoms with Crippen LogP contribution in [0.1, 0.15) is 12.5 Å². The number of benzene rings is 1. The second-order valence-corrected chi connectivity index (χ2v) is 5.65. The van der Waals surface area contributed by atoms with E-state index in [0.29, 0.717) is 6.61 Å². The van der Waals surface area contributed by atoms with Crippen LogP contribution in [0.15, 0.2) is 29.2 Å². The van der Waals surface area contributed by atoms with Crippen molar-refractivity contribution in [2.24, 2.45) is 0 Å². The first kappa shape index (κ1) is 17.1. The summed E-state index contributed by atoms with van der Waals surface area (Å²) in [6.07, 6.45) is -0.827. The van der Waals surface area contributed by atoms with Crippen molar-refractivity contribution in [3.63, 3.8) is 0 Å². The highest BCUT2D eigenvalue weighted by atomic mass is 32.2. The Hall–Kier alpha value is -0.990. The largest absolute Gasteiger partial charge is 0.394 e. The van der Waals surface area contributed by atoms with Gasteiger partial charge in [-0.3, -0.25) is 4.18 Å². The molecule has 0 aromatic heterocycles. The molecule has 0 spiro atoms. The van der Waals surface area contributed by atoms with E-state index in [4.69, 9.17) is 18.8 Å². The Balaban J connectivity index is 2.62. The molecular formula is C13H20O6S. The molecule has 1 unspecified atom stereocenters. The van der Waals surface area contributed by atoms with E-state index in [2.05, 4.69) is 0 Å². The van der Waals surface area contributed by atoms with Crippen LogP contribution in [0.5, 0.6) is 0 Å². The molecule has 0 saturated heterocycles. The summed E-state index contributed by atoms with van der Waals surface area (Å²) in [4.78, 5) is 0.0838. The fourth-order valence-electron chi connectivity index (χ4n) is 1.43. The van der Waals surface area contributed by atoms with Gasteiger partial charge in [-0.15, -0.1) is 0 Å². The molecule has 1 N–H and O–H groups in total. The molecule has 7 heteroatoms. The van der Waals surface area contributed by atoms with E-state index in [1.165, 1.54) is 12.1 Å². The van der Waals surface area contributed by atoms with Crippen LogP contribution in [-0.2, 0) is 23.8 Å². The molecule has 0 aliphatic rings. The van der Waals surface area contributed by atoms with Gasteiger partial charge in [-0.2, -0.15) is 8.42 Å². The molecule has 0 radical (unpaired) electrons. The van der Waals surface area contributed by atoms with Crippen LogP contribution in [0, 0.1) is 6.92 Å². The van der Waals surface area contributed by atoms with Gasteiger partial charge in [0.25, 0.3) is 10.1 Å². The lowest BCUT2D eigenvalue weighted by Crippen LogP contribution is -2.26. The lowest BCUT2D eigenvalue weighted by atomic mass is 10.2. The highest BCUT2D eigenvalue weighted by Crippen LogP contribution is 2.14. The molecular weight excluding hydrogens is 284 g/mol.